The Morgan fingerprint density at radius 2 is 1.91 bits per heavy atom. The number of hydrogen-bond donors (Lipinski definition) is 1. The van der Waals surface area contributed by atoms with E-state index in [1.54, 1.807) is 11.3 Å². The Labute approximate surface area is 202 Å². The van der Waals surface area contributed by atoms with Crippen LogP contribution in [0, 0.1) is 16.7 Å². The van der Waals surface area contributed by atoms with Crippen molar-refractivity contribution in [2.45, 2.75) is 59.3 Å². The minimum atomic E-state index is -0.411. The molecule has 4 nitrogen and oxygen atoms in total. The standard InChI is InChI=1S/C26H28BrN3OS/c1-5-15-7-9-16(10-8-15)30-19-12-26(3,4)13-20(31)24(19)23(17(14-28)25(30)29)22-11-18(27)21(6-2)32-22/h7-11,23H,5-6,12-13,29H2,1-4H3. The number of aryl methyl sites for hydroxylation is 2. The maximum absolute atomic E-state index is 13.6. The molecule has 0 fully saturated rings. The lowest BCUT2D eigenvalue weighted by atomic mass is 9.69. The van der Waals surface area contributed by atoms with E-state index < -0.39 is 5.92 Å². The number of ketones is 1. The van der Waals surface area contributed by atoms with Gasteiger partial charge in [-0.3, -0.25) is 9.69 Å². The lowest BCUT2D eigenvalue weighted by Gasteiger charge is -2.43. The monoisotopic (exact) mass is 509 g/mol. The summed E-state index contributed by atoms with van der Waals surface area (Å²) in [4.78, 5) is 17.7. The predicted octanol–water partition coefficient (Wildman–Crippen LogP) is 6.58. The molecular weight excluding hydrogens is 482 g/mol. The van der Waals surface area contributed by atoms with E-state index in [4.69, 9.17) is 5.73 Å². The van der Waals surface area contributed by atoms with Crippen molar-refractivity contribution in [1.29, 1.82) is 5.26 Å². The van der Waals surface area contributed by atoms with Gasteiger partial charge in [0.25, 0.3) is 0 Å². The molecule has 0 amide bonds. The predicted molar refractivity (Wildman–Crippen MR) is 134 cm³/mol. The molecule has 1 atom stereocenters. The van der Waals surface area contributed by atoms with E-state index in [9.17, 15) is 10.1 Å². The van der Waals surface area contributed by atoms with Gasteiger partial charge in [0.2, 0.25) is 0 Å². The smallest absolute Gasteiger partial charge is 0.162 e. The highest BCUT2D eigenvalue weighted by molar-refractivity contribution is 9.10. The van der Waals surface area contributed by atoms with Crippen LogP contribution in [-0.4, -0.2) is 5.78 Å². The Kier molecular flexibility index (Phi) is 6.08. The van der Waals surface area contributed by atoms with Crippen LogP contribution in [0.5, 0.6) is 0 Å². The van der Waals surface area contributed by atoms with Crippen molar-refractivity contribution in [1.82, 2.24) is 0 Å². The number of halogens is 1. The van der Waals surface area contributed by atoms with Crippen LogP contribution in [0.15, 0.2) is 57.5 Å². The van der Waals surface area contributed by atoms with Crippen LogP contribution in [0.1, 0.15) is 61.8 Å². The average Bonchev–Trinajstić information content (AvgIpc) is 3.12. The molecule has 1 aliphatic carbocycles. The summed E-state index contributed by atoms with van der Waals surface area (Å²) < 4.78 is 1.03. The van der Waals surface area contributed by atoms with Gasteiger partial charge in [-0.05, 0) is 64.4 Å². The first-order chi connectivity index (χ1) is 15.2. The highest BCUT2D eigenvalue weighted by atomic mass is 79.9. The molecule has 0 saturated carbocycles. The summed E-state index contributed by atoms with van der Waals surface area (Å²) in [6.45, 7) is 8.48. The summed E-state index contributed by atoms with van der Waals surface area (Å²) in [6, 6.07) is 12.7. The van der Waals surface area contributed by atoms with Gasteiger partial charge in [0.15, 0.2) is 5.78 Å². The molecule has 32 heavy (non-hydrogen) atoms. The van der Waals surface area contributed by atoms with E-state index in [1.165, 1.54) is 10.4 Å². The summed E-state index contributed by atoms with van der Waals surface area (Å²) in [5.74, 6) is 0.124. The Balaban J connectivity index is 1.96. The number of thiophene rings is 1. The summed E-state index contributed by atoms with van der Waals surface area (Å²) >= 11 is 5.31. The van der Waals surface area contributed by atoms with Crippen LogP contribution in [0.25, 0.3) is 0 Å². The number of carbonyl (C=O) groups excluding carboxylic acids is 1. The van der Waals surface area contributed by atoms with Gasteiger partial charge in [-0.2, -0.15) is 5.26 Å². The molecule has 2 aliphatic rings. The maximum atomic E-state index is 13.6. The summed E-state index contributed by atoms with van der Waals surface area (Å²) in [6.07, 6.45) is 3.04. The SMILES string of the molecule is CCc1ccc(N2C(N)=C(C#N)C(c3cc(Br)c(CC)s3)C3=C2CC(C)(C)CC3=O)cc1. The Hall–Kier alpha value is -2.36. The third-order valence-electron chi connectivity index (χ3n) is 6.37. The fraction of sp³-hybridized carbons (Fsp3) is 0.385. The highest BCUT2D eigenvalue weighted by Crippen LogP contribution is 2.51. The van der Waals surface area contributed by atoms with Gasteiger partial charge in [0.05, 0.1) is 17.6 Å². The van der Waals surface area contributed by atoms with Crippen molar-refractivity contribution in [2.24, 2.45) is 11.1 Å². The minimum absolute atomic E-state index is 0.110. The second kappa shape index (κ2) is 8.53. The third kappa shape index (κ3) is 3.82. The third-order valence-corrected chi connectivity index (χ3v) is 8.68. The van der Waals surface area contributed by atoms with Gasteiger partial charge in [0.1, 0.15) is 5.82 Å². The lowest BCUT2D eigenvalue weighted by Crippen LogP contribution is -2.42. The lowest BCUT2D eigenvalue weighted by molar-refractivity contribution is -0.118. The Morgan fingerprint density at radius 3 is 2.47 bits per heavy atom. The zero-order valence-electron chi connectivity index (χ0n) is 19.0. The van der Waals surface area contributed by atoms with Crippen LogP contribution < -0.4 is 10.6 Å². The largest absolute Gasteiger partial charge is 0.384 e. The molecule has 2 heterocycles. The molecule has 0 saturated heterocycles. The number of nitrogens with zero attached hydrogens (tertiary/aromatic N) is 2. The molecule has 6 heteroatoms. The van der Waals surface area contributed by atoms with E-state index in [2.05, 4.69) is 67.9 Å². The van der Waals surface area contributed by atoms with Gasteiger partial charge in [0, 0.05) is 37.6 Å². The van der Waals surface area contributed by atoms with Gasteiger partial charge >= 0.3 is 0 Å². The van der Waals surface area contributed by atoms with E-state index in [0.29, 0.717) is 17.8 Å². The minimum Gasteiger partial charge on any atom is -0.384 e. The maximum Gasteiger partial charge on any atom is 0.162 e. The topological polar surface area (TPSA) is 70.1 Å². The number of anilines is 1. The summed E-state index contributed by atoms with van der Waals surface area (Å²) in [5, 5.41) is 10.2. The molecule has 1 unspecified atom stereocenters. The average molecular weight is 511 g/mol. The van der Waals surface area contributed by atoms with E-state index in [1.807, 2.05) is 17.0 Å². The number of rotatable bonds is 4. The van der Waals surface area contributed by atoms with Gasteiger partial charge < -0.3 is 5.73 Å². The Bertz CT molecular complexity index is 1180. The molecule has 1 aliphatic heterocycles. The van der Waals surface area contributed by atoms with Crippen molar-refractivity contribution in [3.63, 3.8) is 0 Å². The Morgan fingerprint density at radius 1 is 1.22 bits per heavy atom. The quantitative estimate of drug-likeness (QED) is 0.505. The fourth-order valence-corrected chi connectivity index (χ4v) is 6.82. The van der Waals surface area contributed by atoms with Crippen LogP contribution in [-0.2, 0) is 17.6 Å². The highest BCUT2D eigenvalue weighted by Gasteiger charge is 2.45. The number of allylic oxidation sites excluding steroid dienone is 3. The molecule has 0 spiro atoms. The fourth-order valence-electron chi connectivity index (χ4n) is 4.78. The van der Waals surface area contributed by atoms with Crippen LogP contribution in [0.2, 0.25) is 0 Å². The van der Waals surface area contributed by atoms with Crippen molar-refractivity contribution in [3.8, 4) is 6.07 Å². The van der Waals surface area contributed by atoms with Crippen molar-refractivity contribution in [2.75, 3.05) is 4.90 Å². The summed E-state index contributed by atoms with van der Waals surface area (Å²) in [5.41, 5.74) is 10.8. The second-order valence-electron chi connectivity index (χ2n) is 9.27. The van der Waals surface area contributed by atoms with Gasteiger partial charge in [-0.25, -0.2) is 0 Å². The summed E-state index contributed by atoms with van der Waals surface area (Å²) in [7, 11) is 0. The van der Waals surface area contributed by atoms with E-state index >= 15 is 0 Å². The second-order valence-corrected chi connectivity index (χ2v) is 11.3. The molecule has 166 valence electrons. The molecule has 4 rings (SSSR count). The molecule has 1 aromatic carbocycles. The van der Waals surface area contributed by atoms with Crippen molar-refractivity contribution < 1.29 is 4.79 Å². The number of benzene rings is 1. The normalized spacial score (nSPS) is 20.4. The molecule has 2 N–H and O–H groups in total. The first-order valence-electron chi connectivity index (χ1n) is 11.0. The zero-order valence-corrected chi connectivity index (χ0v) is 21.4. The number of nitrogens with two attached hydrogens (primary N) is 1. The van der Waals surface area contributed by atoms with Crippen molar-refractivity contribution >= 4 is 38.7 Å². The van der Waals surface area contributed by atoms with Crippen LogP contribution in [0.4, 0.5) is 5.69 Å². The van der Waals surface area contributed by atoms with Gasteiger partial charge in [-0.1, -0.05) is 39.8 Å². The van der Waals surface area contributed by atoms with Crippen LogP contribution in [0.3, 0.4) is 0 Å². The van der Waals surface area contributed by atoms with Crippen LogP contribution >= 0.6 is 27.3 Å². The van der Waals surface area contributed by atoms with E-state index in [-0.39, 0.29) is 11.2 Å². The number of nitriles is 1. The number of hydrogen-bond acceptors (Lipinski definition) is 5. The first kappa shape index (κ1) is 22.8. The molecular formula is C26H28BrN3OS. The molecule has 0 radical (unpaired) electrons. The zero-order chi connectivity index (χ0) is 23.2. The molecule has 0 bridgehead atoms. The first-order valence-corrected chi connectivity index (χ1v) is 12.6. The van der Waals surface area contributed by atoms with Gasteiger partial charge in [-0.15, -0.1) is 11.3 Å². The molecule has 1 aromatic heterocycles. The number of carbonyl (C=O) groups is 1. The van der Waals surface area contributed by atoms with E-state index in [0.717, 1.165) is 45.6 Å². The van der Waals surface area contributed by atoms with Crippen molar-refractivity contribution in [3.05, 3.63) is 72.8 Å². The molecule has 2 aromatic rings. The number of Topliss-reactive ketones (excluding diaryl/α,β-unsaturated/α-hetero) is 1.